The Labute approximate surface area is 110 Å². The molecule has 0 aromatic rings. The summed E-state index contributed by atoms with van der Waals surface area (Å²) in [5, 5.41) is 0. The summed E-state index contributed by atoms with van der Waals surface area (Å²) in [6.07, 6.45) is 7.14. The van der Waals surface area contributed by atoms with Crippen molar-refractivity contribution >= 4 is 0 Å². The van der Waals surface area contributed by atoms with Crippen molar-refractivity contribution in [2.75, 3.05) is 0 Å². The van der Waals surface area contributed by atoms with Crippen molar-refractivity contribution in [2.45, 2.75) is 73.6 Å². The average molecular weight is 238 g/mol. The van der Waals surface area contributed by atoms with Gasteiger partial charge in [-0.1, -0.05) is 54.4 Å². The Morgan fingerprint density at radius 3 is 2.06 bits per heavy atom. The van der Waals surface area contributed by atoms with Gasteiger partial charge in [0.15, 0.2) is 0 Å². The van der Waals surface area contributed by atoms with Gasteiger partial charge < -0.3 is 0 Å². The van der Waals surface area contributed by atoms with Crippen LogP contribution >= 0.6 is 0 Å². The molecule has 0 aromatic heterocycles. The molecule has 6 atom stereocenters. The van der Waals surface area contributed by atoms with Crippen LogP contribution in [-0.4, -0.2) is 0 Å². The van der Waals surface area contributed by atoms with E-state index in [0.717, 1.165) is 35.5 Å². The zero-order valence-corrected chi connectivity index (χ0v) is 13.0. The first kappa shape index (κ1) is 15.1. The minimum absolute atomic E-state index is 0.914. The highest BCUT2D eigenvalue weighted by atomic mass is 14.4. The smallest absolute Gasteiger partial charge is 0.0355 e. The minimum atomic E-state index is 0.914. The molecule has 0 amide bonds. The van der Waals surface area contributed by atoms with E-state index in [1.165, 1.54) is 32.1 Å². The van der Waals surface area contributed by atoms with Crippen molar-refractivity contribution in [1.29, 1.82) is 0 Å². The molecule has 1 saturated carbocycles. The predicted molar refractivity (Wildman–Crippen MR) is 78.1 cm³/mol. The lowest BCUT2D eigenvalue weighted by molar-refractivity contribution is 0.161. The summed E-state index contributed by atoms with van der Waals surface area (Å²) in [5.41, 5.74) is 0. The molecule has 0 radical (unpaired) electrons. The van der Waals surface area contributed by atoms with Gasteiger partial charge in [0.25, 0.3) is 0 Å². The van der Waals surface area contributed by atoms with E-state index < -0.39 is 0 Å². The first-order valence-electron chi connectivity index (χ1n) is 7.99. The van der Waals surface area contributed by atoms with E-state index in [1.54, 1.807) is 0 Å². The van der Waals surface area contributed by atoms with Crippen LogP contribution in [0.3, 0.4) is 0 Å². The van der Waals surface area contributed by atoms with Crippen LogP contribution < -0.4 is 0 Å². The fourth-order valence-corrected chi connectivity index (χ4v) is 3.96. The van der Waals surface area contributed by atoms with Crippen LogP contribution in [0.2, 0.25) is 0 Å². The summed E-state index contributed by atoms with van der Waals surface area (Å²) in [4.78, 5) is 0. The van der Waals surface area contributed by atoms with E-state index in [-0.39, 0.29) is 0 Å². The van der Waals surface area contributed by atoms with Crippen LogP contribution in [0.5, 0.6) is 0 Å². The van der Waals surface area contributed by atoms with E-state index in [2.05, 4.69) is 41.5 Å². The van der Waals surface area contributed by atoms with Gasteiger partial charge in [-0.25, -0.2) is 0 Å². The van der Waals surface area contributed by atoms with Gasteiger partial charge in [0.2, 0.25) is 0 Å². The third kappa shape index (κ3) is 4.00. The van der Waals surface area contributed by atoms with Crippen molar-refractivity contribution < 1.29 is 0 Å². The average Bonchev–Trinajstić information content (AvgIpc) is 2.63. The third-order valence-corrected chi connectivity index (χ3v) is 5.48. The summed E-state index contributed by atoms with van der Waals surface area (Å²) in [6, 6.07) is 0. The van der Waals surface area contributed by atoms with Crippen molar-refractivity contribution in [2.24, 2.45) is 35.5 Å². The van der Waals surface area contributed by atoms with E-state index in [0.29, 0.717) is 0 Å². The Bertz CT molecular complexity index is 208. The fourth-order valence-electron chi connectivity index (χ4n) is 3.96. The lowest BCUT2D eigenvalue weighted by Gasteiger charge is -2.33. The molecule has 1 rings (SSSR count). The molecule has 0 aliphatic heterocycles. The van der Waals surface area contributed by atoms with Gasteiger partial charge in [-0.15, -0.1) is 0 Å². The fraction of sp³-hybridized carbons (Fsp3) is 1.00. The molecule has 0 aromatic carbocycles. The Hall–Kier alpha value is 0. The van der Waals surface area contributed by atoms with E-state index in [9.17, 15) is 0 Å². The van der Waals surface area contributed by atoms with E-state index >= 15 is 0 Å². The second kappa shape index (κ2) is 6.81. The largest absolute Gasteiger partial charge is 0.0651 e. The van der Waals surface area contributed by atoms with Crippen LogP contribution in [0, 0.1) is 35.5 Å². The van der Waals surface area contributed by atoms with Crippen molar-refractivity contribution in [3.8, 4) is 0 Å². The molecule has 102 valence electrons. The van der Waals surface area contributed by atoms with Crippen molar-refractivity contribution in [1.82, 2.24) is 0 Å². The Kier molecular flexibility index (Phi) is 6.03. The molecule has 0 heteroatoms. The molecule has 1 fully saturated rings. The molecule has 0 N–H and O–H groups in total. The van der Waals surface area contributed by atoms with Crippen LogP contribution in [0.1, 0.15) is 73.6 Å². The third-order valence-electron chi connectivity index (χ3n) is 5.48. The maximum atomic E-state index is 2.50. The summed E-state index contributed by atoms with van der Waals surface area (Å²) < 4.78 is 0. The second-order valence-electron chi connectivity index (χ2n) is 7.02. The van der Waals surface area contributed by atoms with Gasteiger partial charge in [-0.3, -0.25) is 0 Å². The first-order chi connectivity index (χ1) is 7.99. The van der Waals surface area contributed by atoms with Gasteiger partial charge in [0.05, 0.1) is 0 Å². The topological polar surface area (TPSA) is 0 Å². The van der Waals surface area contributed by atoms with Gasteiger partial charge in [-0.05, 0) is 54.8 Å². The minimum Gasteiger partial charge on any atom is -0.0651 e. The van der Waals surface area contributed by atoms with Gasteiger partial charge >= 0.3 is 0 Å². The predicted octanol–water partition coefficient (Wildman–Crippen LogP) is 5.77. The van der Waals surface area contributed by atoms with Crippen molar-refractivity contribution in [3.05, 3.63) is 0 Å². The maximum absolute atomic E-state index is 2.50. The molecular formula is C17H34. The molecule has 0 nitrogen and oxygen atoms in total. The quantitative estimate of drug-likeness (QED) is 0.551. The molecule has 1 aliphatic rings. The molecule has 0 heterocycles. The van der Waals surface area contributed by atoms with Crippen molar-refractivity contribution in [3.63, 3.8) is 0 Å². The maximum Gasteiger partial charge on any atom is -0.0355 e. The zero-order valence-electron chi connectivity index (χ0n) is 13.0. The van der Waals surface area contributed by atoms with Crippen LogP contribution in [0.25, 0.3) is 0 Å². The normalized spacial score (nSPS) is 34.6. The summed E-state index contributed by atoms with van der Waals surface area (Å²) >= 11 is 0. The Morgan fingerprint density at radius 1 is 1.00 bits per heavy atom. The standard InChI is InChI=1S/C17H34/c1-7-12(3)10-16(14(5)8-2)17-11-13(4)9-15(17)6/h12-17H,7-11H2,1-6H3. The molecule has 0 bridgehead atoms. The SMILES string of the molecule is CCC(C)CC(C(C)CC)C1CC(C)CC1C. The zero-order chi connectivity index (χ0) is 13.0. The molecule has 0 saturated heterocycles. The number of hydrogen-bond acceptors (Lipinski definition) is 0. The van der Waals surface area contributed by atoms with Crippen LogP contribution in [0.4, 0.5) is 0 Å². The second-order valence-corrected chi connectivity index (χ2v) is 7.02. The van der Waals surface area contributed by atoms with E-state index in [4.69, 9.17) is 0 Å². The van der Waals surface area contributed by atoms with Gasteiger partial charge in [0, 0.05) is 0 Å². The summed E-state index contributed by atoms with van der Waals surface area (Å²) in [6.45, 7) is 14.6. The molecule has 6 unspecified atom stereocenters. The summed E-state index contributed by atoms with van der Waals surface area (Å²) in [7, 11) is 0. The molecule has 1 aliphatic carbocycles. The Balaban J connectivity index is 2.68. The number of hydrogen-bond donors (Lipinski definition) is 0. The Morgan fingerprint density at radius 2 is 1.65 bits per heavy atom. The lowest BCUT2D eigenvalue weighted by atomic mass is 9.72. The van der Waals surface area contributed by atoms with Gasteiger partial charge in [-0.2, -0.15) is 0 Å². The molecular weight excluding hydrogens is 204 g/mol. The highest BCUT2D eigenvalue weighted by Crippen LogP contribution is 2.45. The van der Waals surface area contributed by atoms with Crippen LogP contribution in [-0.2, 0) is 0 Å². The van der Waals surface area contributed by atoms with Crippen LogP contribution in [0.15, 0.2) is 0 Å². The monoisotopic (exact) mass is 238 g/mol. The molecule has 17 heavy (non-hydrogen) atoms. The number of rotatable bonds is 6. The lowest BCUT2D eigenvalue weighted by Crippen LogP contribution is -2.25. The molecule has 0 spiro atoms. The highest BCUT2D eigenvalue weighted by molar-refractivity contribution is 4.86. The highest BCUT2D eigenvalue weighted by Gasteiger charge is 2.36. The van der Waals surface area contributed by atoms with E-state index in [1.807, 2.05) is 0 Å². The summed E-state index contributed by atoms with van der Waals surface area (Å²) in [5.74, 6) is 5.76. The first-order valence-corrected chi connectivity index (χ1v) is 7.99. The van der Waals surface area contributed by atoms with Gasteiger partial charge in [0.1, 0.15) is 0 Å².